The van der Waals surface area contributed by atoms with Crippen LogP contribution in [0.25, 0.3) is 0 Å². The van der Waals surface area contributed by atoms with Gasteiger partial charge in [0, 0.05) is 16.3 Å². The molecule has 1 aromatic carbocycles. The highest BCUT2D eigenvalue weighted by Gasteiger charge is 2.05. The average molecular weight is 250 g/mol. The largest absolute Gasteiger partial charge is 0.397 e. The maximum Gasteiger partial charge on any atom is 0.128 e. The number of anilines is 2. The maximum atomic E-state index is 13.2. The molecule has 0 amide bonds. The van der Waals surface area contributed by atoms with E-state index in [1.807, 2.05) is 0 Å². The Morgan fingerprint density at radius 3 is 2.71 bits per heavy atom. The molecule has 0 fully saturated rings. The summed E-state index contributed by atoms with van der Waals surface area (Å²) >= 11 is 1.74. The second-order valence-corrected chi connectivity index (χ2v) is 5.43. The van der Waals surface area contributed by atoms with Gasteiger partial charge in [-0.2, -0.15) is 0 Å². The van der Waals surface area contributed by atoms with Crippen LogP contribution in [0.4, 0.5) is 15.8 Å². The summed E-state index contributed by atoms with van der Waals surface area (Å²) in [5, 5.41) is 3.23. The van der Waals surface area contributed by atoms with Gasteiger partial charge in [-0.15, -0.1) is 11.3 Å². The Morgan fingerprint density at radius 2 is 2.06 bits per heavy atom. The van der Waals surface area contributed by atoms with E-state index in [1.165, 1.54) is 15.8 Å². The van der Waals surface area contributed by atoms with E-state index in [4.69, 9.17) is 5.73 Å². The summed E-state index contributed by atoms with van der Waals surface area (Å²) in [5.41, 5.74) is 7.59. The van der Waals surface area contributed by atoms with Crippen molar-refractivity contribution in [2.24, 2.45) is 0 Å². The van der Waals surface area contributed by atoms with Crippen molar-refractivity contribution in [2.45, 2.75) is 20.4 Å². The minimum absolute atomic E-state index is 0.264. The molecule has 0 saturated heterocycles. The first-order valence-electron chi connectivity index (χ1n) is 5.41. The molecule has 0 spiro atoms. The fraction of sp³-hybridized carbons (Fsp3) is 0.231. The molecule has 0 unspecified atom stereocenters. The van der Waals surface area contributed by atoms with Gasteiger partial charge in [0.15, 0.2) is 0 Å². The molecule has 2 aromatic rings. The molecule has 0 atom stereocenters. The minimum Gasteiger partial charge on any atom is -0.397 e. The third-order valence-electron chi connectivity index (χ3n) is 2.58. The molecule has 2 rings (SSSR count). The molecule has 2 nitrogen and oxygen atoms in total. The third kappa shape index (κ3) is 2.77. The Morgan fingerprint density at radius 1 is 1.29 bits per heavy atom. The fourth-order valence-corrected chi connectivity index (χ4v) is 2.44. The Kier molecular flexibility index (Phi) is 3.33. The van der Waals surface area contributed by atoms with Gasteiger partial charge in [-0.25, -0.2) is 4.39 Å². The molecule has 90 valence electrons. The van der Waals surface area contributed by atoms with Crippen molar-refractivity contribution in [2.75, 3.05) is 11.1 Å². The van der Waals surface area contributed by atoms with E-state index in [-0.39, 0.29) is 5.82 Å². The van der Waals surface area contributed by atoms with Gasteiger partial charge in [-0.1, -0.05) is 0 Å². The molecule has 0 aliphatic rings. The zero-order valence-electron chi connectivity index (χ0n) is 9.88. The van der Waals surface area contributed by atoms with E-state index in [0.717, 1.165) is 5.69 Å². The predicted molar refractivity (Wildman–Crippen MR) is 71.9 cm³/mol. The molecule has 17 heavy (non-hydrogen) atoms. The summed E-state index contributed by atoms with van der Waals surface area (Å²) < 4.78 is 13.2. The van der Waals surface area contributed by atoms with Crippen molar-refractivity contribution >= 4 is 22.7 Å². The zero-order chi connectivity index (χ0) is 12.4. The van der Waals surface area contributed by atoms with Gasteiger partial charge in [-0.3, -0.25) is 0 Å². The van der Waals surface area contributed by atoms with E-state index in [9.17, 15) is 4.39 Å². The fourth-order valence-electron chi connectivity index (χ4n) is 1.61. The van der Waals surface area contributed by atoms with Gasteiger partial charge in [0.25, 0.3) is 0 Å². The standard InChI is InChI=1S/C13H15FN2S/c1-8-5-13(12(15)6-11(8)14)16-7-10-4-3-9(2)17-10/h3-6,16H,7,15H2,1-2H3. The lowest BCUT2D eigenvalue weighted by atomic mass is 10.2. The van der Waals surface area contributed by atoms with Crippen LogP contribution in [0, 0.1) is 19.7 Å². The first-order valence-corrected chi connectivity index (χ1v) is 6.22. The molecule has 3 N–H and O–H groups in total. The molecule has 0 aliphatic carbocycles. The van der Waals surface area contributed by atoms with Crippen LogP contribution in [-0.2, 0) is 6.54 Å². The summed E-state index contributed by atoms with van der Waals surface area (Å²) in [6.07, 6.45) is 0. The van der Waals surface area contributed by atoms with E-state index in [1.54, 1.807) is 24.3 Å². The Hall–Kier alpha value is -1.55. The summed E-state index contributed by atoms with van der Waals surface area (Å²) in [4.78, 5) is 2.52. The number of aryl methyl sites for hydroxylation is 2. The highest BCUT2D eigenvalue weighted by Crippen LogP contribution is 2.24. The van der Waals surface area contributed by atoms with Crippen LogP contribution < -0.4 is 11.1 Å². The van der Waals surface area contributed by atoms with Crippen molar-refractivity contribution in [3.05, 3.63) is 45.4 Å². The number of hydrogen-bond acceptors (Lipinski definition) is 3. The number of rotatable bonds is 3. The quantitative estimate of drug-likeness (QED) is 0.815. The SMILES string of the molecule is Cc1ccc(CNc2cc(C)c(F)cc2N)s1. The van der Waals surface area contributed by atoms with Crippen molar-refractivity contribution < 1.29 is 4.39 Å². The summed E-state index contributed by atoms with van der Waals surface area (Å²) in [7, 11) is 0. The number of hydrogen-bond donors (Lipinski definition) is 2. The van der Waals surface area contributed by atoms with Crippen LogP contribution in [0.3, 0.4) is 0 Å². The van der Waals surface area contributed by atoms with Gasteiger partial charge in [0.1, 0.15) is 5.82 Å². The highest BCUT2D eigenvalue weighted by molar-refractivity contribution is 7.11. The number of benzene rings is 1. The molecule has 0 bridgehead atoms. The Labute approximate surface area is 104 Å². The third-order valence-corrected chi connectivity index (χ3v) is 3.58. The van der Waals surface area contributed by atoms with E-state index in [2.05, 4.69) is 24.4 Å². The lowest BCUT2D eigenvalue weighted by Gasteiger charge is -2.10. The second kappa shape index (κ2) is 4.75. The monoisotopic (exact) mass is 250 g/mol. The molecular formula is C13H15FN2S. The van der Waals surface area contributed by atoms with Crippen LogP contribution in [0.1, 0.15) is 15.3 Å². The van der Waals surface area contributed by atoms with E-state index < -0.39 is 0 Å². The highest BCUT2D eigenvalue weighted by atomic mass is 32.1. The van der Waals surface area contributed by atoms with Gasteiger partial charge in [-0.05, 0) is 43.7 Å². The van der Waals surface area contributed by atoms with Crippen LogP contribution in [-0.4, -0.2) is 0 Å². The normalized spacial score (nSPS) is 10.5. The Bertz CT molecular complexity index is 534. The zero-order valence-corrected chi connectivity index (χ0v) is 10.7. The van der Waals surface area contributed by atoms with Crippen molar-refractivity contribution in [1.29, 1.82) is 0 Å². The minimum atomic E-state index is -0.264. The summed E-state index contributed by atoms with van der Waals surface area (Å²) in [6.45, 7) is 4.52. The van der Waals surface area contributed by atoms with Gasteiger partial charge < -0.3 is 11.1 Å². The summed E-state index contributed by atoms with van der Waals surface area (Å²) in [6, 6.07) is 7.27. The van der Waals surface area contributed by atoms with E-state index >= 15 is 0 Å². The van der Waals surface area contributed by atoms with Gasteiger partial charge in [0.05, 0.1) is 11.4 Å². The van der Waals surface area contributed by atoms with Crippen molar-refractivity contribution in [3.8, 4) is 0 Å². The van der Waals surface area contributed by atoms with Crippen LogP contribution in [0.15, 0.2) is 24.3 Å². The molecule has 0 radical (unpaired) electrons. The number of nitrogen functional groups attached to an aromatic ring is 1. The van der Waals surface area contributed by atoms with Crippen LogP contribution in [0.2, 0.25) is 0 Å². The van der Waals surface area contributed by atoms with Crippen molar-refractivity contribution in [3.63, 3.8) is 0 Å². The molecule has 1 heterocycles. The van der Waals surface area contributed by atoms with Crippen LogP contribution in [0.5, 0.6) is 0 Å². The Balaban J connectivity index is 2.11. The first kappa shape index (κ1) is 11.9. The lowest BCUT2D eigenvalue weighted by Crippen LogP contribution is -2.02. The number of nitrogens with two attached hydrogens (primary N) is 1. The topological polar surface area (TPSA) is 38.0 Å². The van der Waals surface area contributed by atoms with Crippen molar-refractivity contribution in [1.82, 2.24) is 0 Å². The lowest BCUT2D eigenvalue weighted by molar-refractivity contribution is 0.619. The molecule has 1 aromatic heterocycles. The van der Waals surface area contributed by atoms with Gasteiger partial charge >= 0.3 is 0 Å². The van der Waals surface area contributed by atoms with E-state index in [0.29, 0.717) is 17.8 Å². The first-order chi connectivity index (χ1) is 8.06. The summed E-state index contributed by atoms with van der Waals surface area (Å²) in [5.74, 6) is -0.264. The van der Waals surface area contributed by atoms with Gasteiger partial charge in [0.2, 0.25) is 0 Å². The number of nitrogens with one attached hydrogen (secondary N) is 1. The predicted octanol–water partition coefficient (Wildman–Crippen LogP) is 3.70. The smallest absolute Gasteiger partial charge is 0.128 e. The number of halogens is 1. The number of thiophene rings is 1. The van der Waals surface area contributed by atoms with Crippen LogP contribution >= 0.6 is 11.3 Å². The average Bonchev–Trinajstić information content (AvgIpc) is 2.68. The molecule has 4 heteroatoms. The molecule has 0 saturated carbocycles. The molecule has 0 aliphatic heterocycles. The molecular weight excluding hydrogens is 235 g/mol. The second-order valence-electron chi connectivity index (χ2n) is 4.05. The maximum absolute atomic E-state index is 13.2.